The summed E-state index contributed by atoms with van der Waals surface area (Å²) in [6.45, 7) is 20.6. The third kappa shape index (κ3) is 6.88. The van der Waals surface area contributed by atoms with Gasteiger partial charge >= 0.3 is 6.09 Å². The second kappa shape index (κ2) is 12.9. The van der Waals surface area contributed by atoms with Crippen LogP contribution in [-0.2, 0) is 30.4 Å². The van der Waals surface area contributed by atoms with E-state index in [4.69, 9.17) is 13.9 Å². The van der Waals surface area contributed by atoms with Crippen molar-refractivity contribution in [1.29, 1.82) is 0 Å². The molecule has 1 aromatic carbocycles. The van der Waals surface area contributed by atoms with Crippen LogP contribution in [0.1, 0.15) is 105 Å². The second-order valence-corrected chi connectivity index (χ2v) is 24.6. The summed E-state index contributed by atoms with van der Waals surface area (Å²) in [7, 11) is -5.96. The van der Waals surface area contributed by atoms with Crippen LogP contribution in [0.15, 0.2) is 23.1 Å². The first kappa shape index (κ1) is 36.9. The molecule has 8 nitrogen and oxygen atoms in total. The summed E-state index contributed by atoms with van der Waals surface area (Å²) in [5.74, 6) is 3.87. The SMILES string of the molecule is CC[C@H]1[C@@H](O[Si](C)(C)C)[C@@H]2[C@H](CC[C@]3(C)[C@@H]([C@H](C)COC(=O)NS(=O)(=O)c4ccc5c(c4)CCC(C)(C)O5)CC[C@@H]23)[C@@]2(C)CCC(=O)C[C@@H]12. The van der Waals surface area contributed by atoms with Crippen molar-refractivity contribution >= 4 is 30.2 Å². The van der Waals surface area contributed by atoms with E-state index in [0.29, 0.717) is 66.3 Å². The highest BCUT2D eigenvalue weighted by atomic mass is 32.2. The number of benzene rings is 1. The van der Waals surface area contributed by atoms with E-state index in [-0.39, 0.29) is 40.0 Å². The van der Waals surface area contributed by atoms with Gasteiger partial charge in [0.25, 0.3) is 10.0 Å². The van der Waals surface area contributed by atoms with Crippen molar-refractivity contribution in [1.82, 2.24) is 4.72 Å². The highest BCUT2D eigenvalue weighted by Gasteiger charge is 2.65. The summed E-state index contributed by atoms with van der Waals surface area (Å²) in [6, 6.07) is 4.75. The van der Waals surface area contributed by atoms with Crippen LogP contribution >= 0.6 is 0 Å². The third-order valence-corrected chi connectivity index (χ3v) is 16.2. The molecule has 0 unspecified atom stereocenters. The lowest BCUT2D eigenvalue weighted by Gasteiger charge is -2.65. The first-order valence-corrected chi connectivity index (χ1v) is 23.9. The summed E-state index contributed by atoms with van der Waals surface area (Å²) >= 11 is 0. The van der Waals surface area contributed by atoms with E-state index in [1.54, 1.807) is 12.1 Å². The number of Topliss-reactive ketones (excluding diaryl/α,β-unsaturated/α-hetero) is 1. The summed E-state index contributed by atoms with van der Waals surface area (Å²) in [5.41, 5.74) is 0.778. The normalized spacial score (nSPS) is 37.5. The average Bonchev–Trinajstić information content (AvgIpc) is 3.36. The topological polar surface area (TPSA) is 108 Å². The fraction of sp³-hybridized carbons (Fsp3) is 0.795. The average molecular weight is 716 g/mol. The maximum absolute atomic E-state index is 13.2. The van der Waals surface area contributed by atoms with E-state index >= 15 is 0 Å². The van der Waals surface area contributed by atoms with Crippen LogP contribution in [0, 0.1) is 52.3 Å². The van der Waals surface area contributed by atoms with Gasteiger partial charge in [0, 0.05) is 12.8 Å². The Morgan fingerprint density at radius 2 is 1.71 bits per heavy atom. The van der Waals surface area contributed by atoms with Gasteiger partial charge in [0.15, 0.2) is 8.32 Å². The number of hydrogen-bond donors (Lipinski definition) is 1. The number of ketones is 1. The molecule has 1 amide bonds. The molecule has 0 saturated heterocycles. The molecule has 1 aliphatic heterocycles. The van der Waals surface area contributed by atoms with E-state index in [1.165, 1.54) is 6.07 Å². The van der Waals surface area contributed by atoms with E-state index in [2.05, 4.69) is 52.1 Å². The third-order valence-electron chi connectivity index (χ3n) is 13.9. The fourth-order valence-corrected chi connectivity index (χ4v) is 13.7. The molecule has 10 heteroatoms. The van der Waals surface area contributed by atoms with Crippen LogP contribution in [0.3, 0.4) is 0 Å². The minimum atomic E-state index is -4.09. The number of ether oxygens (including phenoxy) is 2. The molecule has 10 atom stereocenters. The molecule has 4 aliphatic carbocycles. The number of fused-ring (bicyclic) bond motifs is 6. The monoisotopic (exact) mass is 715 g/mol. The number of sulfonamides is 1. The molecule has 5 aliphatic rings. The van der Waals surface area contributed by atoms with Gasteiger partial charge in [0.2, 0.25) is 0 Å². The van der Waals surface area contributed by atoms with Crippen molar-refractivity contribution in [2.24, 2.45) is 52.3 Å². The molecule has 4 saturated carbocycles. The molecule has 49 heavy (non-hydrogen) atoms. The van der Waals surface area contributed by atoms with Gasteiger partial charge in [-0.25, -0.2) is 17.9 Å². The predicted molar refractivity (Wildman–Crippen MR) is 193 cm³/mol. The van der Waals surface area contributed by atoms with E-state index in [1.807, 2.05) is 13.8 Å². The van der Waals surface area contributed by atoms with Gasteiger partial charge in [0.1, 0.15) is 17.1 Å². The molecule has 1 heterocycles. The fourth-order valence-electron chi connectivity index (χ4n) is 11.6. The lowest BCUT2D eigenvalue weighted by molar-refractivity contribution is -0.190. The first-order valence-electron chi connectivity index (χ1n) is 19.0. The maximum Gasteiger partial charge on any atom is 0.421 e. The quantitative estimate of drug-likeness (QED) is 0.269. The molecule has 4 fully saturated rings. The van der Waals surface area contributed by atoms with E-state index < -0.39 is 24.4 Å². The predicted octanol–water partition coefficient (Wildman–Crippen LogP) is 8.54. The van der Waals surface area contributed by atoms with Gasteiger partial charge in [-0.05, 0) is 154 Å². The number of nitrogens with one attached hydrogen (secondary N) is 1. The Bertz CT molecular complexity index is 1550. The van der Waals surface area contributed by atoms with Crippen molar-refractivity contribution < 1.29 is 31.9 Å². The Labute approximate surface area is 296 Å². The highest BCUT2D eigenvalue weighted by molar-refractivity contribution is 7.90. The first-order chi connectivity index (χ1) is 22.8. The molecule has 1 N–H and O–H groups in total. The number of carbonyl (C=O) groups excluding carboxylic acids is 2. The zero-order valence-corrected chi connectivity index (χ0v) is 33.2. The van der Waals surface area contributed by atoms with Gasteiger partial charge in [-0.2, -0.15) is 0 Å². The Kier molecular flexibility index (Phi) is 9.74. The largest absolute Gasteiger partial charge is 0.488 e. The smallest absolute Gasteiger partial charge is 0.421 e. The number of carbonyl (C=O) groups is 2. The van der Waals surface area contributed by atoms with Crippen LogP contribution in [0.25, 0.3) is 0 Å². The van der Waals surface area contributed by atoms with Gasteiger partial charge in [-0.15, -0.1) is 0 Å². The summed E-state index contributed by atoms with van der Waals surface area (Å²) in [6.07, 6.45) is 8.67. The zero-order valence-electron chi connectivity index (χ0n) is 31.4. The van der Waals surface area contributed by atoms with Crippen LogP contribution in [0.2, 0.25) is 19.6 Å². The van der Waals surface area contributed by atoms with Gasteiger partial charge < -0.3 is 13.9 Å². The molecule has 0 spiro atoms. The van der Waals surface area contributed by atoms with Crippen LogP contribution in [-0.4, -0.2) is 46.9 Å². The maximum atomic E-state index is 13.2. The molecule has 1 aromatic rings. The van der Waals surface area contributed by atoms with Gasteiger partial charge in [-0.1, -0.05) is 34.1 Å². The van der Waals surface area contributed by atoms with Crippen molar-refractivity contribution in [3.63, 3.8) is 0 Å². The second-order valence-electron chi connectivity index (χ2n) is 18.5. The Morgan fingerprint density at radius 3 is 2.41 bits per heavy atom. The van der Waals surface area contributed by atoms with E-state index in [0.717, 1.165) is 50.5 Å². The lowest BCUT2D eigenvalue weighted by atomic mass is 9.41. The van der Waals surface area contributed by atoms with Crippen molar-refractivity contribution in [3.8, 4) is 5.75 Å². The van der Waals surface area contributed by atoms with Crippen molar-refractivity contribution in [2.75, 3.05) is 6.61 Å². The van der Waals surface area contributed by atoms with Crippen LogP contribution in [0.5, 0.6) is 5.75 Å². The van der Waals surface area contributed by atoms with E-state index in [9.17, 15) is 18.0 Å². The summed E-state index contributed by atoms with van der Waals surface area (Å²) in [4.78, 5) is 25.8. The summed E-state index contributed by atoms with van der Waals surface area (Å²) in [5, 5.41) is 0. The Hall–Kier alpha value is -1.91. The lowest BCUT2D eigenvalue weighted by Crippen LogP contribution is -2.63. The minimum absolute atomic E-state index is 0.0358. The molecule has 6 rings (SSSR count). The standard InChI is InChI=1S/C39H61NO7SSi/c1-10-28-32-22-26(41)16-19-39(32,6)31-17-20-38(5)29(12-13-30(38)34(31)35(28)47-49(7,8)9)24(2)23-45-36(42)40-48(43,44)27-11-14-33-25(21-27)15-18-37(3,4)46-33/h11,14,21,24,28-32,34-35H,10,12-13,15-20,22-23H2,1-9H3,(H,40,42)/t24-,28-,29-,30+,31+,32+,34+,35-,38-,39-/m1/s1. The number of rotatable bonds is 8. The Morgan fingerprint density at radius 1 is 1.00 bits per heavy atom. The number of amides is 1. The zero-order chi connectivity index (χ0) is 35.7. The van der Waals surface area contributed by atoms with Crippen molar-refractivity contribution in [2.45, 2.75) is 142 Å². The number of aryl methyl sites for hydroxylation is 1. The molecule has 0 radical (unpaired) electrons. The minimum Gasteiger partial charge on any atom is -0.488 e. The molecule has 0 aromatic heterocycles. The molecular weight excluding hydrogens is 655 g/mol. The Balaban J connectivity index is 1.15. The molecule has 0 bridgehead atoms. The van der Waals surface area contributed by atoms with Gasteiger partial charge in [-0.3, -0.25) is 4.79 Å². The van der Waals surface area contributed by atoms with Crippen LogP contribution < -0.4 is 9.46 Å². The van der Waals surface area contributed by atoms with Crippen molar-refractivity contribution in [3.05, 3.63) is 23.8 Å². The molecular formula is C39H61NO7SSi. The molecule has 274 valence electrons. The summed E-state index contributed by atoms with van der Waals surface area (Å²) < 4.78 is 47.4. The highest BCUT2D eigenvalue weighted by Crippen LogP contribution is 2.69. The van der Waals surface area contributed by atoms with Gasteiger partial charge in [0.05, 0.1) is 17.6 Å². The number of hydrogen-bond acceptors (Lipinski definition) is 7. The van der Waals surface area contributed by atoms with Crippen LogP contribution in [0.4, 0.5) is 4.79 Å².